The minimum Gasteiger partial charge on any atom is -1.00 e. The maximum atomic E-state index is 2.61. The van der Waals surface area contributed by atoms with Crippen LogP contribution in [0.1, 0.15) is 0 Å². The molecule has 4 heteroatoms. The van der Waals surface area contributed by atoms with Crippen LogP contribution < -0.4 is 24.8 Å². The molecule has 4 rings (SSSR count). The standard InChI is InChI=1S/2C10H9.C2H7Si.2ClH.Zr/c2*1-2-6-9(5-1)10-7-3-4-8-10;1-3-2;;;/h2*1-9H;3H,1-2H3;2*1H;/q;;;;;+2/p-2. The van der Waals surface area contributed by atoms with Crippen LogP contribution >= 0.6 is 0 Å². The zero-order chi connectivity index (χ0) is 16.6. The summed E-state index contributed by atoms with van der Waals surface area (Å²) in [4.78, 5) is 0. The topological polar surface area (TPSA) is 0 Å². The van der Waals surface area contributed by atoms with Gasteiger partial charge in [0.05, 0.1) is 0 Å². The van der Waals surface area contributed by atoms with E-state index in [1.807, 2.05) is 0 Å². The third kappa shape index (κ3) is 3.39. The molecule has 0 unspecified atom stereocenters. The van der Waals surface area contributed by atoms with Gasteiger partial charge in [-0.15, -0.1) is 0 Å². The molecule has 0 atom stereocenters. The summed E-state index contributed by atoms with van der Waals surface area (Å²) >= 11 is -1.97. The fraction of sp³-hybridized carbons (Fsp3) is 0.273. The first kappa shape index (κ1) is 21.9. The molecule has 135 valence electrons. The summed E-state index contributed by atoms with van der Waals surface area (Å²) in [6.45, 7) is 5.23. The van der Waals surface area contributed by atoms with Crippen molar-refractivity contribution in [2.45, 2.75) is 19.3 Å². The van der Waals surface area contributed by atoms with Crippen LogP contribution in [-0.4, -0.2) is 5.92 Å². The van der Waals surface area contributed by atoms with Gasteiger partial charge in [-0.2, -0.15) is 0 Å². The van der Waals surface area contributed by atoms with E-state index in [1.165, 1.54) is 0 Å². The molecule has 0 aromatic rings. The van der Waals surface area contributed by atoms with Gasteiger partial charge >= 0.3 is 155 Å². The summed E-state index contributed by atoms with van der Waals surface area (Å²) in [5, 5.41) is 0. The van der Waals surface area contributed by atoms with Gasteiger partial charge in [0, 0.05) is 0 Å². The summed E-state index contributed by atoms with van der Waals surface area (Å²) in [6, 6.07) is 0. The van der Waals surface area contributed by atoms with Gasteiger partial charge in [-0.1, -0.05) is 0 Å². The molecule has 0 N–H and O–H groups in total. The zero-order valence-electron chi connectivity index (χ0n) is 15.2. The molecule has 0 aromatic heterocycles. The molecule has 0 aliphatic heterocycles. The van der Waals surface area contributed by atoms with Crippen LogP contribution in [0.3, 0.4) is 0 Å². The van der Waals surface area contributed by atoms with Gasteiger partial charge < -0.3 is 24.8 Å². The molecule has 0 amide bonds. The van der Waals surface area contributed by atoms with E-state index in [-0.39, 0.29) is 24.8 Å². The smallest absolute Gasteiger partial charge is 1.00 e. The monoisotopic (exact) mass is 477 g/mol. The van der Waals surface area contributed by atoms with E-state index in [4.69, 9.17) is 0 Å². The normalized spacial score (nSPS) is 23.3. The van der Waals surface area contributed by atoms with E-state index in [2.05, 4.69) is 110 Å². The Morgan fingerprint density at radius 2 is 0.885 bits per heavy atom. The van der Waals surface area contributed by atoms with Gasteiger partial charge in [0.1, 0.15) is 0 Å². The molecule has 0 heterocycles. The fourth-order valence-corrected chi connectivity index (χ4v) is 33.6. The minimum atomic E-state index is -1.97. The van der Waals surface area contributed by atoms with E-state index >= 15 is 0 Å². The van der Waals surface area contributed by atoms with E-state index in [9.17, 15) is 0 Å². The molecule has 4 aliphatic carbocycles. The Bertz CT molecular complexity index is 644. The second-order valence-electron chi connectivity index (χ2n) is 7.46. The van der Waals surface area contributed by atoms with Gasteiger partial charge in [0.25, 0.3) is 0 Å². The summed E-state index contributed by atoms with van der Waals surface area (Å²) in [7, 11) is 0. The second kappa shape index (κ2) is 8.74. The quantitative estimate of drug-likeness (QED) is 0.473. The van der Waals surface area contributed by atoms with Gasteiger partial charge in [0.2, 0.25) is 0 Å². The predicted molar refractivity (Wildman–Crippen MR) is 104 cm³/mol. The summed E-state index contributed by atoms with van der Waals surface area (Å²) in [5.74, 6) is 0.339. The predicted octanol–water partition coefficient (Wildman–Crippen LogP) is -0.350. The van der Waals surface area contributed by atoms with Gasteiger partial charge in [-0.05, 0) is 0 Å². The number of allylic oxidation sites excluding steroid dienone is 16. The molecule has 4 aliphatic rings. The first-order valence-electron chi connectivity index (χ1n) is 9.01. The third-order valence-electron chi connectivity index (χ3n) is 5.82. The van der Waals surface area contributed by atoms with Crippen molar-refractivity contribution in [1.82, 2.24) is 0 Å². The molecule has 0 spiro atoms. The first-order valence-corrected chi connectivity index (χ1v) is 18.6. The molecular formula is C22H25Cl2SiZr. The largest absolute Gasteiger partial charge is 1.00 e. The molecule has 0 radical (unpaired) electrons. The van der Waals surface area contributed by atoms with Crippen LogP contribution in [0.5, 0.6) is 0 Å². The first-order chi connectivity index (χ1) is 11.7. The van der Waals surface area contributed by atoms with E-state index in [0.717, 1.165) is 0 Å². The average molecular weight is 480 g/mol. The van der Waals surface area contributed by atoms with E-state index < -0.39 is 26.8 Å². The number of hydrogen-bond acceptors (Lipinski definition) is 0. The van der Waals surface area contributed by atoms with Crippen molar-refractivity contribution in [2.75, 3.05) is 0 Å². The van der Waals surface area contributed by atoms with Crippen molar-refractivity contribution in [3.8, 4) is 0 Å². The third-order valence-corrected chi connectivity index (χ3v) is 29.3. The Hall–Kier alpha value is -0.400. The van der Waals surface area contributed by atoms with E-state index in [0.29, 0.717) is 18.1 Å². The fourth-order valence-electron chi connectivity index (χ4n) is 5.01. The summed E-state index contributed by atoms with van der Waals surface area (Å²) in [6.07, 6.45) is 38.3. The van der Waals surface area contributed by atoms with Crippen LogP contribution in [0.15, 0.2) is 97.2 Å². The maximum Gasteiger partial charge on any atom is -1.00 e. The molecule has 0 aromatic carbocycles. The van der Waals surface area contributed by atoms with Crippen molar-refractivity contribution < 1.29 is 45.7 Å². The van der Waals surface area contributed by atoms with Crippen molar-refractivity contribution in [3.05, 3.63) is 97.2 Å². The Balaban J connectivity index is 0.00000121. The Labute approximate surface area is 179 Å². The minimum absolute atomic E-state index is 0. The average Bonchev–Trinajstić information content (AvgIpc) is 3.34. The van der Waals surface area contributed by atoms with Crippen LogP contribution in [0, 0.1) is 11.8 Å². The molecule has 26 heavy (non-hydrogen) atoms. The molecule has 0 saturated heterocycles. The van der Waals surface area contributed by atoms with Crippen LogP contribution in [0.2, 0.25) is 19.3 Å². The molecule has 0 fully saturated rings. The number of hydrogen-bond donors (Lipinski definition) is 0. The van der Waals surface area contributed by atoms with Gasteiger partial charge in [0.15, 0.2) is 0 Å². The van der Waals surface area contributed by atoms with Crippen molar-refractivity contribution in [2.24, 2.45) is 11.8 Å². The summed E-state index contributed by atoms with van der Waals surface area (Å²) < 4.78 is 0.602. The molecule has 0 saturated carbocycles. The zero-order valence-corrected chi connectivity index (χ0v) is 20.4. The van der Waals surface area contributed by atoms with Crippen molar-refractivity contribution in [1.29, 1.82) is 0 Å². The Morgan fingerprint density at radius 3 is 1.15 bits per heavy atom. The summed E-state index contributed by atoms with van der Waals surface area (Å²) in [5.41, 5.74) is 0. The van der Waals surface area contributed by atoms with E-state index in [1.54, 1.807) is 0 Å². The van der Waals surface area contributed by atoms with Gasteiger partial charge in [-0.25, -0.2) is 0 Å². The maximum absolute atomic E-state index is 2.61. The Kier molecular flexibility index (Phi) is 7.36. The second-order valence-corrected chi connectivity index (χ2v) is 28.0. The number of halogens is 2. The van der Waals surface area contributed by atoms with Crippen LogP contribution in [0.25, 0.3) is 0 Å². The van der Waals surface area contributed by atoms with Crippen molar-refractivity contribution >= 4 is 5.92 Å². The SMILES string of the molecule is C[SiH](C)[Zr+2]([C]1(C2C=CC=C2)C=CC=C1)[C]1(C2C=CC=C2)C=CC=C1.[Cl-].[Cl-]. The molecule has 0 bridgehead atoms. The number of rotatable bonds is 5. The molecular weight excluding hydrogens is 454 g/mol. The van der Waals surface area contributed by atoms with Crippen LogP contribution in [0.4, 0.5) is 0 Å². The van der Waals surface area contributed by atoms with Gasteiger partial charge in [-0.3, -0.25) is 0 Å². The Morgan fingerprint density at radius 1 is 0.577 bits per heavy atom. The van der Waals surface area contributed by atoms with Crippen LogP contribution in [-0.2, 0) is 20.9 Å². The molecule has 0 nitrogen and oxygen atoms in total. The van der Waals surface area contributed by atoms with Crippen molar-refractivity contribution in [3.63, 3.8) is 0 Å².